The summed E-state index contributed by atoms with van der Waals surface area (Å²) in [5, 5.41) is 5.55. The third-order valence-corrected chi connectivity index (χ3v) is 4.45. The van der Waals surface area contributed by atoms with Gasteiger partial charge in [0.2, 0.25) is 0 Å². The van der Waals surface area contributed by atoms with Crippen LogP contribution < -0.4 is 11.1 Å². The van der Waals surface area contributed by atoms with Crippen LogP contribution in [-0.4, -0.2) is 17.6 Å². The van der Waals surface area contributed by atoms with Crippen LogP contribution in [0.2, 0.25) is 0 Å². The number of rotatable bonds is 6. The monoisotopic (exact) mass is 309 g/mol. The van der Waals surface area contributed by atoms with Crippen molar-refractivity contribution in [3.05, 3.63) is 71.9 Å². The van der Waals surface area contributed by atoms with Crippen LogP contribution in [0.25, 0.3) is 10.4 Å². The number of anilines is 1. The zero-order valence-electron chi connectivity index (χ0n) is 12.3. The zero-order valence-corrected chi connectivity index (χ0v) is 13.1. The summed E-state index contributed by atoms with van der Waals surface area (Å²) in [6, 6.07) is 16.7. The number of hydrogen-bond acceptors (Lipinski definition) is 4. The molecule has 0 spiro atoms. The summed E-state index contributed by atoms with van der Waals surface area (Å²) in [6.45, 7) is 0.765. The summed E-state index contributed by atoms with van der Waals surface area (Å²) in [5.41, 5.74) is 9.80. The molecule has 2 heterocycles. The molecule has 0 radical (unpaired) electrons. The Balaban J connectivity index is 1.55. The number of aromatic nitrogens is 1. The van der Waals surface area contributed by atoms with Gasteiger partial charge in [0.25, 0.3) is 0 Å². The molecule has 0 aliphatic heterocycles. The molecule has 2 aromatic heterocycles. The summed E-state index contributed by atoms with van der Waals surface area (Å²) < 4.78 is 0. The van der Waals surface area contributed by atoms with Crippen LogP contribution in [0.4, 0.5) is 5.69 Å². The third kappa shape index (κ3) is 3.93. The lowest BCUT2D eigenvalue weighted by atomic mass is 10.1. The van der Waals surface area contributed by atoms with Gasteiger partial charge in [-0.15, -0.1) is 11.3 Å². The number of nitrogens with zero attached hydrogens (tertiary/aromatic N) is 1. The molecule has 3 aromatic rings. The second-order valence-corrected chi connectivity index (χ2v) is 6.18. The summed E-state index contributed by atoms with van der Waals surface area (Å²) in [5.74, 6) is 0. The highest BCUT2D eigenvalue weighted by molar-refractivity contribution is 7.14. The molecule has 0 saturated heterocycles. The van der Waals surface area contributed by atoms with Gasteiger partial charge in [0.15, 0.2) is 0 Å². The summed E-state index contributed by atoms with van der Waals surface area (Å²) in [7, 11) is 0. The summed E-state index contributed by atoms with van der Waals surface area (Å²) in [4.78, 5) is 5.29. The molecule has 4 heteroatoms. The smallest absolute Gasteiger partial charge is 0.0455 e. The molecule has 0 aliphatic rings. The third-order valence-electron chi connectivity index (χ3n) is 3.47. The minimum atomic E-state index is 0.103. The van der Waals surface area contributed by atoms with Gasteiger partial charge in [-0.1, -0.05) is 30.3 Å². The number of pyridine rings is 1. The molecule has 0 unspecified atom stereocenters. The Morgan fingerprint density at radius 2 is 1.86 bits per heavy atom. The molecule has 1 atom stereocenters. The minimum absolute atomic E-state index is 0.103. The molecule has 112 valence electrons. The molecular formula is C18H19N3S. The van der Waals surface area contributed by atoms with E-state index in [1.807, 2.05) is 30.6 Å². The van der Waals surface area contributed by atoms with Gasteiger partial charge in [-0.3, -0.25) is 4.98 Å². The first-order valence-electron chi connectivity index (χ1n) is 7.33. The molecule has 0 saturated carbocycles. The van der Waals surface area contributed by atoms with Gasteiger partial charge in [0, 0.05) is 40.9 Å². The van der Waals surface area contributed by atoms with Crippen LogP contribution in [0.15, 0.2) is 66.3 Å². The highest BCUT2D eigenvalue weighted by atomic mass is 32.1. The number of thiophene rings is 1. The minimum Gasteiger partial charge on any atom is -0.383 e. The van der Waals surface area contributed by atoms with Crippen molar-refractivity contribution in [3.8, 4) is 10.4 Å². The maximum atomic E-state index is 6.20. The predicted octanol–water partition coefficient (Wildman–Crippen LogP) is 3.79. The quantitative estimate of drug-likeness (QED) is 0.728. The largest absolute Gasteiger partial charge is 0.383 e. The topological polar surface area (TPSA) is 50.9 Å². The van der Waals surface area contributed by atoms with Crippen molar-refractivity contribution < 1.29 is 0 Å². The first kappa shape index (κ1) is 14.8. The van der Waals surface area contributed by atoms with E-state index in [4.69, 9.17) is 5.73 Å². The van der Waals surface area contributed by atoms with Gasteiger partial charge in [0.1, 0.15) is 0 Å². The van der Waals surface area contributed by atoms with Crippen molar-refractivity contribution in [2.45, 2.75) is 12.5 Å². The lowest BCUT2D eigenvalue weighted by Crippen LogP contribution is -2.31. The first-order valence-corrected chi connectivity index (χ1v) is 8.21. The lowest BCUT2D eigenvalue weighted by molar-refractivity contribution is 0.699. The van der Waals surface area contributed by atoms with Crippen molar-refractivity contribution in [2.24, 2.45) is 5.73 Å². The van der Waals surface area contributed by atoms with Crippen molar-refractivity contribution in [3.63, 3.8) is 0 Å². The van der Waals surface area contributed by atoms with E-state index < -0.39 is 0 Å². The van der Waals surface area contributed by atoms with Gasteiger partial charge in [-0.05, 0) is 35.7 Å². The summed E-state index contributed by atoms with van der Waals surface area (Å²) in [6.07, 6.45) is 4.52. The van der Waals surface area contributed by atoms with Gasteiger partial charge < -0.3 is 11.1 Å². The first-order chi connectivity index (χ1) is 10.8. The second-order valence-electron chi connectivity index (χ2n) is 5.27. The number of hydrogen-bond donors (Lipinski definition) is 2. The Labute approximate surface area is 134 Å². The molecule has 0 aliphatic carbocycles. The average Bonchev–Trinajstić information content (AvgIpc) is 3.04. The van der Waals surface area contributed by atoms with Crippen LogP contribution in [0.5, 0.6) is 0 Å². The Morgan fingerprint density at radius 1 is 1.09 bits per heavy atom. The lowest BCUT2D eigenvalue weighted by Gasteiger charge is -2.12. The predicted molar refractivity (Wildman–Crippen MR) is 94.2 cm³/mol. The van der Waals surface area contributed by atoms with E-state index in [2.05, 4.69) is 46.0 Å². The maximum absolute atomic E-state index is 6.20. The van der Waals surface area contributed by atoms with Crippen LogP contribution >= 0.6 is 11.3 Å². The zero-order chi connectivity index (χ0) is 15.2. The van der Waals surface area contributed by atoms with Gasteiger partial charge in [0.05, 0.1) is 0 Å². The molecule has 0 bridgehead atoms. The van der Waals surface area contributed by atoms with E-state index in [-0.39, 0.29) is 6.04 Å². The Hall–Kier alpha value is -2.17. The fourth-order valence-electron chi connectivity index (χ4n) is 2.33. The maximum Gasteiger partial charge on any atom is 0.0455 e. The van der Waals surface area contributed by atoms with Crippen molar-refractivity contribution in [1.82, 2.24) is 4.98 Å². The van der Waals surface area contributed by atoms with E-state index >= 15 is 0 Å². The normalized spacial score (nSPS) is 12.0. The molecule has 22 heavy (non-hydrogen) atoms. The molecular weight excluding hydrogens is 290 g/mol. The molecule has 3 nitrogen and oxygen atoms in total. The number of nitrogens with two attached hydrogens (primary N) is 1. The molecule has 1 aromatic carbocycles. The van der Waals surface area contributed by atoms with Crippen LogP contribution in [0.3, 0.4) is 0 Å². The van der Waals surface area contributed by atoms with Crippen LogP contribution in [0.1, 0.15) is 5.56 Å². The van der Waals surface area contributed by atoms with E-state index in [0.29, 0.717) is 0 Å². The Morgan fingerprint density at radius 3 is 2.64 bits per heavy atom. The van der Waals surface area contributed by atoms with Gasteiger partial charge in [-0.25, -0.2) is 0 Å². The number of nitrogens with one attached hydrogen (secondary N) is 1. The Kier molecular flexibility index (Phi) is 4.83. The highest BCUT2D eigenvalue weighted by Crippen LogP contribution is 2.29. The van der Waals surface area contributed by atoms with Crippen LogP contribution in [0, 0.1) is 0 Å². The van der Waals surface area contributed by atoms with E-state index in [9.17, 15) is 0 Å². The standard InChI is InChI=1S/C18H19N3S/c19-16(10-14-4-2-1-3-5-14)12-21-17-11-18(22-13-17)15-6-8-20-9-7-15/h1-9,11,13,16,21H,10,12,19H2/t16-/m0/s1. The van der Waals surface area contributed by atoms with E-state index in [1.54, 1.807) is 11.3 Å². The fraction of sp³-hybridized carbons (Fsp3) is 0.167. The molecule has 3 rings (SSSR count). The second kappa shape index (κ2) is 7.20. The van der Waals surface area contributed by atoms with Crippen molar-refractivity contribution in [2.75, 3.05) is 11.9 Å². The fourth-order valence-corrected chi connectivity index (χ4v) is 3.21. The number of benzene rings is 1. The average molecular weight is 309 g/mol. The van der Waals surface area contributed by atoms with Crippen molar-refractivity contribution in [1.29, 1.82) is 0 Å². The van der Waals surface area contributed by atoms with Gasteiger partial charge in [-0.2, -0.15) is 0 Å². The summed E-state index contributed by atoms with van der Waals surface area (Å²) >= 11 is 1.73. The van der Waals surface area contributed by atoms with Crippen molar-refractivity contribution >= 4 is 17.0 Å². The molecule has 0 fully saturated rings. The van der Waals surface area contributed by atoms with Crippen LogP contribution in [-0.2, 0) is 6.42 Å². The van der Waals surface area contributed by atoms with E-state index in [0.717, 1.165) is 18.7 Å². The van der Waals surface area contributed by atoms with E-state index in [1.165, 1.54) is 16.0 Å². The molecule has 0 amide bonds. The SMILES string of the molecule is N[C@H](CNc1csc(-c2ccncc2)c1)Cc1ccccc1. The van der Waals surface area contributed by atoms with Gasteiger partial charge >= 0.3 is 0 Å². The molecule has 3 N–H and O–H groups in total. The Bertz CT molecular complexity index is 695. The highest BCUT2D eigenvalue weighted by Gasteiger charge is 2.06.